The fourth-order valence-electron chi connectivity index (χ4n) is 8.82. The maximum atomic E-state index is 2.52. The SMILES string of the molecule is CC1(C)c2ccccc2-c2cc(N(c3ccc(-c4ccccc4)cc3-c3ccccc3)c3ccc4ccccc4c3-c3cccc4ccccc34)ccc21. The van der Waals surface area contributed by atoms with E-state index in [4.69, 9.17) is 0 Å². The zero-order valence-corrected chi connectivity index (χ0v) is 30.5. The maximum absolute atomic E-state index is 2.52. The van der Waals surface area contributed by atoms with Gasteiger partial charge in [-0.25, -0.2) is 0 Å². The molecular weight excluding hydrogens is 651 g/mol. The van der Waals surface area contributed by atoms with Crippen molar-refractivity contribution < 1.29 is 0 Å². The molecule has 0 amide bonds. The minimum atomic E-state index is -0.0844. The van der Waals surface area contributed by atoms with Crippen molar-refractivity contribution in [2.24, 2.45) is 0 Å². The average Bonchev–Trinajstić information content (AvgIpc) is 3.46. The Morgan fingerprint density at radius 3 is 1.74 bits per heavy atom. The molecule has 256 valence electrons. The lowest BCUT2D eigenvalue weighted by Gasteiger charge is -2.32. The summed E-state index contributed by atoms with van der Waals surface area (Å²) in [6, 6.07) is 73.6. The zero-order chi connectivity index (χ0) is 36.2. The first-order valence-electron chi connectivity index (χ1n) is 18.9. The summed E-state index contributed by atoms with van der Waals surface area (Å²) in [5.74, 6) is 0. The van der Waals surface area contributed by atoms with Crippen molar-refractivity contribution in [3.63, 3.8) is 0 Å². The van der Waals surface area contributed by atoms with Crippen LogP contribution in [0.25, 0.3) is 66.1 Å². The molecule has 1 aliphatic rings. The molecule has 1 heteroatoms. The van der Waals surface area contributed by atoms with Gasteiger partial charge in [-0.15, -0.1) is 0 Å². The quantitative estimate of drug-likeness (QED) is 0.168. The molecule has 0 aliphatic heterocycles. The van der Waals surface area contributed by atoms with Gasteiger partial charge in [-0.3, -0.25) is 0 Å². The molecular formula is C53H39N. The van der Waals surface area contributed by atoms with Gasteiger partial charge in [0.1, 0.15) is 0 Å². The molecule has 0 bridgehead atoms. The van der Waals surface area contributed by atoms with Crippen LogP contribution >= 0.6 is 0 Å². The predicted octanol–water partition coefficient (Wildman–Crippen LogP) is 14.8. The van der Waals surface area contributed by atoms with E-state index in [2.05, 4.69) is 219 Å². The number of fused-ring (bicyclic) bond motifs is 5. The predicted molar refractivity (Wildman–Crippen MR) is 230 cm³/mol. The number of hydrogen-bond donors (Lipinski definition) is 0. The lowest BCUT2D eigenvalue weighted by Crippen LogP contribution is -2.16. The monoisotopic (exact) mass is 689 g/mol. The van der Waals surface area contributed by atoms with Gasteiger partial charge < -0.3 is 4.90 Å². The third-order valence-corrected chi connectivity index (χ3v) is 11.5. The normalized spacial score (nSPS) is 12.8. The summed E-state index contributed by atoms with van der Waals surface area (Å²) >= 11 is 0. The number of hydrogen-bond acceptors (Lipinski definition) is 1. The summed E-state index contributed by atoms with van der Waals surface area (Å²) in [6.45, 7) is 4.71. The molecule has 1 aliphatic carbocycles. The summed E-state index contributed by atoms with van der Waals surface area (Å²) in [4.78, 5) is 2.52. The first kappa shape index (κ1) is 32.0. The van der Waals surface area contributed by atoms with Gasteiger partial charge >= 0.3 is 0 Å². The van der Waals surface area contributed by atoms with Crippen LogP contribution in [0.3, 0.4) is 0 Å². The second-order valence-corrected chi connectivity index (χ2v) is 14.9. The van der Waals surface area contributed by atoms with Gasteiger partial charge in [0.15, 0.2) is 0 Å². The Kier molecular flexibility index (Phi) is 7.56. The van der Waals surface area contributed by atoms with E-state index in [1.165, 1.54) is 77.2 Å². The van der Waals surface area contributed by atoms with Crippen molar-refractivity contribution in [2.75, 3.05) is 4.90 Å². The number of rotatable bonds is 6. The molecule has 0 saturated carbocycles. The number of anilines is 3. The average molecular weight is 690 g/mol. The highest BCUT2D eigenvalue weighted by molar-refractivity contribution is 6.12. The Hall–Kier alpha value is -6.70. The van der Waals surface area contributed by atoms with Gasteiger partial charge in [0.05, 0.1) is 11.4 Å². The van der Waals surface area contributed by atoms with Gasteiger partial charge in [-0.2, -0.15) is 0 Å². The van der Waals surface area contributed by atoms with Crippen LogP contribution in [0.5, 0.6) is 0 Å². The molecule has 9 aromatic rings. The number of nitrogens with zero attached hydrogens (tertiary/aromatic N) is 1. The highest BCUT2D eigenvalue weighted by atomic mass is 15.1. The third kappa shape index (κ3) is 5.16. The molecule has 54 heavy (non-hydrogen) atoms. The van der Waals surface area contributed by atoms with Crippen molar-refractivity contribution >= 4 is 38.6 Å². The van der Waals surface area contributed by atoms with Crippen molar-refractivity contribution in [2.45, 2.75) is 19.3 Å². The van der Waals surface area contributed by atoms with Crippen molar-refractivity contribution in [1.82, 2.24) is 0 Å². The zero-order valence-electron chi connectivity index (χ0n) is 30.5. The van der Waals surface area contributed by atoms with Gasteiger partial charge in [0, 0.05) is 22.2 Å². The minimum absolute atomic E-state index is 0.0844. The molecule has 0 fully saturated rings. The van der Waals surface area contributed by atoms with Gasteiger partial charge in [-0.1, -0.05) is 184 Å². The molecule has 0 atom stereocenters. The molecule has 10 rings (SSSR count). The molecule has 1 nitrogen and oxygen atoms in total. The summed E-state index contributed by atoms with van der Waals surface area (Å²) in [5, 5.41) is 4.92. The van der Waals surface area contributed by atoms with E-state index in [9.17, 15) is 0 Å². The smallest absolute Gasteiger partial charge is 0.0546 e. The Bertz CT molecular complexity index is 2840. The van der Waals surface area contributed by atoms with Crippen LogP contribution in [-0.4, -0.2) is 0 Å². The molecule has 0 aromatic heterocycles. The van der Waals surface area contributed by atoms with E-state index < -0.39 is 0 Å². The van der Waals surface area contributed by atoms with E-state index >= 15 is 0 Å². The van der Waals surface area contributed by atoms with Crippen LogP contribution in [0.4, 0.5) is 17.1 Å². The number of benzene rings is 9. The summed E-state index contributed by atoms with van der Waals surface area (Å²) < 4.78 is 0. The second kappa shape index (κ2) is 12.8. The lowest BCUT2D eigenvalue weighted by atomic mass is 9.82. The molecule has 9 aromatic carbocycles. The van der Waals surface area contributed by atoms with Crippen LogP contribution in [0, 0.1) is 0 Å². The summed E-state index contributed by atoms with van der Waals surface area (Å²) in [6.07, 6.45) is 0. The highest BCUT2D eigenvalue weighted by Gasteiger charge is 2.36. The van der Waals surface area contributed by atoms with Crippen LogP contribution in [-0.2, 0) is 5.41 Å². The van der Waals surface area contributed by atoms with Crippen molar-refractivity contribution in [1.29, 1.82) is 0 Å². The maximum Gasteiger partial charge on any atom is 0.0546 e. The molecule has 0 radical (unpaired) electrons. The standard InChI is InChI=1S/C53H39N/c1-53(2)48-27-14-13-25-44(48)47-35-41(30-31-49(47)53)54(50-32-29-40(36-16-5-3-6-17-36)34-46(50)38-18-7-4-8-19-38)51-33-28-39-21-10-12-24-43(39)52(51)45-26-15-22-37-20-9-11-23-42(37)45/h3-35H,1-2H3. The van der Waals surface area contributed by atoms with Crippen LogP contribution in [0.2, 0.25) is 0 Å². The molecule has 0 saturated heterocycles. The van der Waals surface area contributed by atoms with Crippen molar-refractivity contribution in [3.8, 4) is 44.5 Å². The van der Waals surface area contributed by atoms with Crippen molar-refractivity contribution in [3.05, 3.63) is 211 Å². The summed E-state index contributed by atoms with van der Waals surface area (Å²) in [5.41, 5.74) is 15.8. The second-order valence-electron chi connectivity index (χ2n) is 14.9. The van der Waals surface area contributed by atoms with E-state index in [-0.39, 0.29) is 5.41 Å². The molecule has 0 unspecified atom stereocenters. The summed E-state index contributed by atoms with van der Waals surface area (Å²) in [7, 11) is 0. The Balaban J connectivity index is 1.32. The molecule has 0 heterocycles. The molecule has 0 N–H and O–H groups in total. The minimum Gasteiger partial charge on any atom is -0.309 e. The fourth-order valence-corrected chi connectivity index (χ4v) is 8.82. The Morgan fingerprint density at radius 1 is 0.352 bits per heavy atom. The first-order chi connectivity index (χ1) is 26.6. The Labute approximate surface area is 317 Å². The largest absolute Gasteiger partial charge is 0.309 e. The van der Waals surface area contributed by atoms with Crippen LogP contribution in [0.1, 0.15) is 25.0 Å². The van der Waals surface area contributed by atoms with E-state index in [0.717, 1.165) is 17.1 Å². The highest BCUT2D eigenvalue weighted by Crippen LogP contribution is 2.53. The van der Waals surface area contributed by atoms with Gasteiger partial charge in [-0.05, 0) is 96.4 Å². The fraction of sp³-hybridized carbons (Fsp3) is 0.0566. The van der Waals surface area contributed by atoms with Crippen LogP contribution < -0.4 is 4.90 Å². The third-order valence-electron chi connectivity index (χ3n) is 11.5. The van der Waals surface area contributed by atoms with E-state index in [0.29, 0.717) is 0 Å². The van der Waals surface area contributed by atoms with Gasteiger partial charge in [0.2, 0.25) is 0 Å². The first-order valence-corrected chi connectivity index (χ1v) is 18.9. The van der Waals surface area contributed by atoms with Gasteiger partial charge in [0.25, 0.3) is 0 Å². The molecule has 0 spiro atoms. The Morgan fingerprint density at radius 2 is 0.944 bits per heavy atom. The topological polar surface area (TPSA) is 3.24 Å². The van der Waals surface area contributed by atoms with Crippen LogP contribution in [0.15, 0.2) is 200 Å². The lowest BCUT2D eigenvalue weighted by molar-refractivity contribution is 0.660. The van der Waals surface area contributed by atoms with E-state index in [1.807, 2.05) is 0 Å². The van der Waals surface area contributed by atoms with E-state index in [1.54, 1.807) is 0 Å².